The molecular formula is C10H18N6O3. The fourth-order valence-corrected chi connectivity index (χ4v) is 1.30. The molecule has 1 aromatic heterocycles. The van der Waals surface area contributed by atoms with E-state index in [4.69, 9.17) is 10.5 Å². The SMILES string of the molecule is COCCNC(=O)NC(=O)Cn1cc(CCN)nn1. The lowest BCUT2D eigenvalue weighted by Crippen LogP contribution is -2.42. The zero-order valence-corrected chi connectivity index (χ0v) is 10.8. The number of carbonyl (C=O) groups excluding carboxylic acids is 2. The van der Waals surface area contributed by atoms with E-state index < -0.39 is 11.9 Å². The van der Waals surface area contributed by atoms with E-state index in [9.17, 15) is 9.59 Å². The number of rotatable bonds is 7. The van der Waals surface area contributed by atoms with Gasteiger partial charge in [0.25, 0.3) is 0 Å². The summed E-state index contributed by atoms with van der Waals surface area (Å²) in [6.45, 7) is 1.11. The lowest BCUT2D eigenvalue weighted by Gasteiger charge is -2.05. The van der Waals surface area contributed by atoms with Gasteiger partial charge in [-0.25, -0.2) is 9.48 Å². The molecule has 19 heavy (non-hydrogen) atoms. The number of aromatic nitrogens is 3. The minimum atomic E-state index is -0.565. The summed E-state index contributed by atoms with van der Waals surface area (Å²) in [6, 6.07) is -0.565. The van der Waals surface area contributed by atoms with E-state index >= 15 is 0 Å². The third-order valence-corrected chi connectivity index (χ3v) is 2.14. The van der Waals surface area contributed by atoms with Crippen LogP contribution in [0.5, 0.6) is 0 Å². The molecule has 9 heteroatoms. The molecule has 0 saturated carbocycles. The molecule has 0 aliphatic rings. The molecule has 3 amide bonds. The minimum Gasteiger partial charge on any atom is -0.383 e. The van der Waals surface area contributed by atoms with Gasteiger partial charge in [0.15, 0.2) is 0 Å². The highest BCUT2D eigenvalue weighted by atomic mass is 16.5. The van der Waals surface area contributed by atoms with E-state index in [-0.39, 0.29) is 6.54 Å². The summed E-state index contributed by atoms with van der Waals surface area (Å²) in [5.41, 5.74) is 6.08. The smallest absolute Gasteiger partial charge is 0.321 e. The number of nitrogens with one attached hydrogen (secondary N) is 2. The molecule has 0 aliphatic heterocycles. The highest BCUT2D eigenvalue weighted by Gasteiger charge is 2.09. The van der Waals surface area contributed by atoms with Crippen LogP contribution in [0, 0.1) is 0 Å². The monoisotopic (exact) mass is 270 g/mol. The number of urea groups is 1. The van der Waals surface area contributed by atoms with Crippen molar-refractivity contribution in [1.82, 2.24) is 25.6 Å². The first kappa shape index (κ1) is 15.1. The number of amides is 3. The number of carbonyl (C=O) groups is 2. The van der Waals surface area contributed by atoms with Crippen molar-refractivity contribution in [2.75, 3.05) is 26.8 Å². The number of methoxy groups -OCH3 is 1. The van der Waals surface area contributed by atoms with Crippen LogP contribution in [0.1, 0.15) is 5.69 Å². The molecule has 1 aromatic rings. The number of hydrogen-bond acceptors (Lipinski definition) is 6. The van der Waals surface area contributed by atoms with Gasteiger partial charge in [-0.05, 0) is 6.54 Å². The Morgan fingerprint density at radius 1 is 1.53 bits per heavy atom. The molecule has 0 radical (unpaired) electrons. The van der Waals surface area contributed by atoms with Crippen LogP contribution in [0.25, 0.3) is 0 Å². The van der Waals surface area contributed by atoms with Gasteiger partial charge in [-0.1, -0.05) is 5.21 Å². The molecule has 0 atom stereocenters. The van der Waals surface area contributed by atoms with Gasteiger partial charge in [0.2, 0.25) is 5.91 Å². The second-order valence-corrected chi connectivity index (χ2v) is 3.74. The van der Waals surface area contributed by atoms with Crippen molar-refractivity contribution >= 4 is 11.9 Å². The Bertz CT molecular complexity index is 419. The Morgan fingerprint density at radius 2 is 2.32 bits per heavy atom. The largest absolute Gasteiger partial charge is 0.383 e. The molecule has 0 fully saturated rings. The summed E-state index contributed by atoms with van der Waals surface area (Å²) in [5, 5.41) is 12.2. The Hall–Kier alpha value is -2.00. The van der Waals surface area contributed by atoms with Crippen LogP contribution < -0.4 is 16.4 Å². The van der Waals surface area contributed by atoms with Crippen molar-refractivity contribution in [1.29, 1.82) is 0 Å². The van der Waals surface area contributed by atoms with Gasteiger partial charge in [0.1, 0.15) is 6.54 Å². The van der Waals surface area contributed by atoms with Gasteiger partial charge in [-0.2, -0.15) is 0 Å². The quantitative estimate of drug-likeness (QED) is 0.505. The lowest BCUT2D eigenvalue weighted by molar-refractivity contribution is -0.120. The van der Waals surface area contributed by atoms with Crippen molar-refractivity contribution in [3.8, 4) is 0 Å². The first-order valence-corrected chi connectivity index (χ1v) is 5.81. The molecule has 0 unspecified atom stereocenters. The first-order chi connectivity index (χ1) is 9.15. The maximum atomic E-state index is 11.5. The molecule has 0 aliphatic carbocycles. The highest BCUT2D eigenvalue weighted by Crippen LogP contribution is 1.93. The fraction of sp³-hybridized carbons (Fsp3) is 0.600. The van der Waals surface area contributed by atoms with Crippen LogP contribution >= 0.6 is 0 Å². The van der Waals surface area contributed by atoms with Gasteiger partial charge in [-0.3, -0.25) is 10.1 Å². The first-order valence-electron chi connectivity index (χ1n) is 5.81. The topological polar surface area (TPSA) is 124 Å². The predicted molar refractivity (Wildman–Crippen MR) is 66.2 cm³/mol. The Morgan fingerprint density at radius 3 is 3.00 bits per heavy atom. The van der Waals surface area contributed by atoms with Gasteiger partial charge in [0.05, 0.1) is 12.3 Å². The molecule has 0 spiro atoms. The summed E-state index contributed by atoms with van der Waals surface area (Å²) in [7, 11) is 1.52. The predicted octanol–water partition coefficient (Wildman–Crippen LogP) is -1.75. The maximum Gasteiger partial charge on any atom is 0.321 e. The van der Waals surface area contributed by atoms with E-state index in [0.29, 0.717) is 31.8 Å². The van der Waals surface area contributed by atoms with Crippen LogP contribution in [0.15, 0.2) is 6.20 Å². The second kappa shape index (κ2) is 8.16. The summed E-state index contributed by atoms with van der Waals surface area (Å²) >= 11 is 0. The molecule has 0 aromatic carbocycles. The normalized spacial score (nSPS) is 10.2. The van der Waals surface area contributed by atoms with E-state index in [1.807, 2.05) is 0 Å². The number of nitrogens with zero attached hydrogens (tertiary/aromatic N) is 3. The van der Waals surface area contributed by atoms with E-state index in [1.165, 1.54) is 11.8 Å². The zero-order valence-electron chi connectivity index (χ0n) is 10.8. The van der Waals surface area contributed by atoms with Gasteiger partial charge in [0, 0.05) is 26.3 Å². The fourth-order valence-electron chi connectivity index (χ4n) is 1.30. The van der Waals surface area contributed by atoms with E-state index in [0.717, 1.165) is 0 Å². The van der Waals surface area contributed by atoms with Crippen LogP contribution in [0.3, 0.4) is 0 Å². The van der Waals surface area contributed by atoms with Crippen LogP contribution in [-0.2, 0) is 22.5 Å². The molecule has 4 N–H and O–H groups in total. The Labute approximate surface area is 110 Å². The van der Waals surface area contributed by atoms with Gasteiger partial charge < -0.3 is 15.8 Å². The molecule has 0 bridgehead atoms. The summed E-state index contributed by atoms with van der Waals surface area (Å²) in [6.07, 6.45) is 2.22. The maximum absolute atomic E-state index is 11.5. The van der Waals surface area contributed by atoms with Crippen molar-refractivity contribution in [3.63, 3.8) is 0 Å². The second-order valence-electron chi connectivity index (χ2n) is 3.74. The lowest BCUT2D eigenvalue weighted by atomic mass is 10.3. The molecule has 1 rings (SSSR count). The summed E-state index contributed by atoms with van der Waals surface area (Å²) in [5.74, 6) is -0.473. The van der Waals surface area contributed by atoms with Crippen LogP contribution in [-0.4, -0.2) is 53.7 Å². The molecular weight excluding hydrogens is 252 g/mol. The average Bonchev–Trinajstić information content (AvgIpc) is 2.77. The third kappa shape index (κ3) is 5.93. The summed E-state index contributed by atoms with van der Waals surface area (Å²) < 4.78 is 6.11. The molecule has 0 saturated heterocycles. The average molecular weight is 270 g/mol. The zero-order chi connectivity index (χ0) is 14.1. The van der Waals surface area contributed by atoms with Gasteiger partial charge >= 0.3 is 6.03 Å². The molecule has 1 heterocycles. The van der Waals surface area contributed by atoms with Crippen molar-refractivity contribution in [2.24, 2.45) is 5.73 Å². The summed E-state index contributed by atoms with van der Waals surface area (Å²) in [4.78, 5) is 22.8. The number of nitrogens with two attached hydrogens (primary N) is 1. The Balaban J connectivity index is 2.31. The van der Waals surface area contributed by atoms with Crippen LogP contribution in [0.2, 0.25) is 0 Å². The Kier molecular flexibility index (Phi) is 6.47. The van der Waals surface area contributed by atoms with Crippen molar-refractivity contribution < 1.29 is 14.3 Å². The third-order valence-electron chi connectivity index (χ3n) is 2.14. The van der Waals surface area contributed by atoms with E-state index in [1.54, 1.807) is 6.20 Å². The van der Waals surface area contributed by atoms with Crippen LogP contribution in [0.4, 0.5) is 4.79 Å². The minimum absolute atomic E-state index is 0.0741. The van der Waals surface area contributed by atoms with E-state index in [2.05, 4.69) is 20.9 Å². The number of ether oxygens (including phenoxy) is 1. The standard InChI is InChI=1S/C10H18N6O3/c1-19-5-4-12-10(18)13-9(17)7-16-6-8(2-3-11)14-15-16/h6H,2-5,7,11H2,1H3,(H2,12,13,17,18). The number of imide groups is 1. The van der Waals surface area contributed by atoms with Crippen molar-refractivity contribution in [2.45, 2.75) is 13.0 Å². The van der Waals surface area contributed by atoms with Crippen molar-refractivity contribution in [3.05, 3.63) is 11.9 Å². The highest BCUT2D eigenvalue weighted by molar-refractivity contribution is 5.94. The molecule has 106 valence electrons. The molecule has 9 nitrogen and oxygen atoms in total. The number of hydrogen-bond donors (Lipinski definition) is 3. The van der Waals surface area contributed by atoms with Gasteiger partial charge in [-0.15, -0.1) is 5.10 Å².